The number of allylic oxidation sites excluding steroid dienone is 1. The summed E-state index contributed by atoms with van der Waals surface area (Å²) < 4.78 is 12.6. The molecule has 4 atom stereocenters. The molecule has 3 aliphatic rings. The van der Waals surface area contributed by atoms with Gasteiger partial charge in [0.15, 0.2) is 0 Å². The van der Waals surface area contributed by atoms with Crippen molar-refractivity contribution in [3.05, 3.63) is 75.9 Å². The highest BCUT2D eigenvalue weighted by Gasteiger charge is 2.56. The second-order valence-electron chi connectivity index (χ2n) is 12.7. The first-order chi connectivity index (χ1) is 21.7. The van der Waals surface area contributed by atoms with Crippen LogP contribution in [0.5, 0.6) is 11.5 Å². The fourth-order valence-corrected chi connectivity index (χ4v) is 7.28. The molecule has 8 heteroatoms. The zero-order valence-corrected chi connectivity index (χ0v) is 26.6. The lowest BCUT2D eigenvalue weighted by atomic mass is 9.69. The lowest BCUT2D eigenvalue weighted by Gasteiger charge is -2.31. The van der Waals surface area contributed by atoms with Gasteiger partial charge in [0.2, 0.25) is 11.8 Å². The van der Waals surface area contributed by atoms with Crippen molar-refractivity contribution < 1.29 is 34.1 Å². The zero-order chi connectivity index (χ0) is 32.1. The average Bonchev–Trinajstić information content (AvgIpc) is 3.55. The molecular weight excluding hydrogens is 570 g/mol. The SMILES string of the molecule is CC/C(=C\c1cc(C)c(O)c(C)c1)CC[C@H]1OC[C@H]2C1=C(COc1ccccc1)C[C@H]1C(=O)N(CCCCCC(=O)O)C(=O)[C@H]12. The number of aliphatic carboxylic acids is 1. The Balaban J connectivity index is 1.34. The molecule has 2 saturated heterocycles. The number of carbonyl (C=O) groups is 3. The van der Waals surface area contributed by atoms with E-state index in [2.05, 4.69) is 13.0 Å². The molecule has 2 heterocycles. The third kappa shape index (κ3) is 7.33. The van der Waals surface area contributed by atoms with Gasteiger partial charge in [-0.3, -0.25) is 19.3 Å². The number of amides is 2. The highest BCUT2D eigenvalue weighted by Crippen LogP contribution is 2.50. The Morgan fingerprint density at radius 2 is 1.76 bits per heavy atom. The summed E-state index contributed by atoms with van der Waals surface area (Å²) in [7, 11) is 0. The van der Waals surface area contributed by atoms with Crippen molar-refractivity contribution in [3.63, 3.8) is 0 Å². The number of nitrogens with zero attached hydrogens (tertiary/aromatic N) is 1. The first kappa shape index (κ1) is 32.5. The van der Waals surface area contributed by atoms with E-state index in [9.17, 15) is 19.5 Å². The number of hydrogen-bond acceptors (Lipinski definition) is 6. The minimum absolute atomic E-state index is 0.0924. The van der Waals surface area contributed by atoms with Crippen LogP contribution in [-0.2, 0) is 19.1 Å². The number of aryl methyl sites for hydroxylation is 2. The van der Waals surface area contributed by atoms with Crippen molar-refractivity contribution in [1.82, 2.24) is 4.90 Å². The number of aromatic hydroxyl groups is 1. The van der Waals surface area contributed by atoms with E-state index < -0.39 is 17.8 Å². The van der Waals surface area contributed by atoms with E-state index in [1.54, 1.807) is 0 Å². The van der Waals surface area contributed by atoms with Gasteiger partial charge < -0.3 is 19.7 Å². The number of phenols is 1. The van der Waals surface area contributed by atoms with Crippen LogP contribution in [-0.4, -0.2) is 58.8 Å². The fourth-order valence-electron chi connectivity index (χ4n) is 7.28. The van der Waals surface area contributed by atoms with E-state index >= 15 is 0 Å². The third-order valence-electron chi connectivity index (χ3n) is 9.59. The summed E-state index contributed by atoms with van der Waals surface area (Å²) in [6, 6.07) is 13.6. The van der Waals surface area contributed by atoms with Gasteiger partial charge in [0.05, 0.1) is 24.5 Å². The molecule has 0 aromatic heterocycles. The van der Waals surface area contributed by atoms with Crippen LogP contribution in [0.3, 0.4) is 0 Å². The fraction of sp³-hybridized carbons (Fsp3) is 0.486. The number of rotatable bonds is 14. The number of carboxylic acid groups (broad SMARTS) is 1. The minimum atomic E-state index is -0.832. The lowest BCUT2D eigenvalue weighted by molar-refractivity contribution is -0.141. The van der Waals surface area contributed by atoms with Crippen molar-refractivity contribution in [2.75, 3.05) is 19.8 Å². The Bertz CT molecular complexity index is 1450. The zero-order valence-electron chi connectivity index (χ0n) is 26.6. The molecule has 2 amide bonds. The molecule has 2 N–H and O–H groups in total. The van der Waals surface area contributed by atoms with Crippen LogP contribution < -0.4 is 4.74 Å². The number of carbonyl (C=O) groups excluding carboxylic acids is 2. The van der Waals surface area contributed by atoms with Gasteiger partial charge in [-0.15, -0.1) is 0 Å². The van der Waals surface area contributed by atoms with Crippen molar-refractivity contribution in [3.8, 4) is 11.5 Å². The molecule has 240 valence electrons. The van der Waals surface area contributed by atoms with E-state index in [-0.39, 0.29) is 30.3 Å². The van der Waals surface area contributed by atoms with Crippen molar-refractivity contribution >= 4 is 23.9 Å². The number of likely N-dealkylation sites (tertiary alicyclic amines) is 1. The quantitative estimate of drug-likeness (QED) is 0.139. The van der Waals surface area contributed by atoms with Crippen LogP contribution in [0.1, 0.15) is 75.0 Å². The van der Waals surface area contributed by atoms with Gasteiger partial charge in [0.1, 0.15) is 18.1 Å². The Labute approximate surface area is 265 Å². The molecule has 2 aromatic carbocycles. The summed E-state index contributed by atoms with van der Waals surface area (Å²) >= 11 is 0. The van der Waals surface area contributed by atoms with E-state index in [1.165, 1.54) is 10.5 Å². The number of fused-ring (bicyclic) bond motifs is 3. The highest BCUT2D eigenvalue weighted by atomic mass is 16.5. The van der Waals surface area contributed by atoms with Gasteiger partial charge in [-0.2, -0.15) is 0 Å². The first-order valence-corrected chi connectivity index (χ1v) is 16.3. The standard InChI is InChI=1S/C37H45NO7/c1-4-25(19-26-17-23(2)35(41)24(3)18-26)14-15-31-33-27(21-44-28-11-7-5-8-12-28)20-29-34(30(33)22-45-31)37(43)38(36(29)42)16-10-6-9-13-32(39)40/h5,7-8,11-12,17-19,29-31,34,41H,4,6,9-10,13-16,20-22H2,1-3H3,(H,39,40)/b25-19+/t29-,30+,31-,34-/m1/s1. The van der Waals surface area contributed by atoms with E-state index in [4.69, 9.17) is 14.6 Å². The van der Waals surface area contributed by atoms with Gasteiger partial charge in [-0.05, 0) is 104 Å². The topological polar surface area (TPSA) is 113 Å². The van der Waals surface area contributed by atoms with Crippen LogP contribution in [0.4, 0.5) is 0 Å². The number of para-hydroxylation sites is 1. The predicted molar refractivity (Wildman–Crippen MR) is 172 cm³/mol. The number of benzene rings is 2. The Morgan fingerprint density at radius 3 is 2.44 bits per heavy atom. The molecule has 0 unspecified atom stereocenters. The predicted octanol–water partition coefficient (Wildman–Crippen LogP) is 6.62. The largest absolute Gasteiger partial charge is 0.507 e. The van der Waals surface area contributed by atoms with Crippen LogP contribution in [0.2, 0.25) is 0 Å². The number of phenolic OH excluding ortho intramolecular Hbond substituents is 1. The van der Waals surface area contributed by atoms with Crippen LogP contribution in [0, 0.1) is 31.6 Å². The van der Waals surface area contributed by atoms with Crippen LogP contribution in [0.25, 0.3) is 6.08 Å². The second-order valence-corrected chi connectivity index (χ2v) is 12.7. The summed E-state index contributed by atoms with van der Waals surface area (Å²) in [6.45, 7) is 7.05. The molecule has 8 nitrogen and oxygen atoms in total. The molecule has 2 aliphatic heterocycles. The maximum atomic E-state index is 13.7. The number of unbranched alkanes of at least 4 members (excludes halogenated alkanes) is 2. The van der Waals surface area contributed by atoms with Gasteiger partial charge in [0.25, 0.3) is 0 Å². The number of hydrogen-bond donors (Lipinski definition) is 2. The number of imide groups is 1. The molecule has 2 aromatic rings. The normalized spacial score (nSPS) is 23.0. The van der Waals surface area contributed by atoms with Gasteiger partial charge in [-0.25, -0.2) is 0 Å². The maximum Gasteiger partial charge on any atom is 0.303 e. The monoisotopic (exact) mass is 615 g/mol. The van der Waals surface area contributed by atoms with Crippen LogP contribution in [0.15, 0.2) is 59.2 Å². The summed E-state index contributed by atoms with van der Waals surface area (Å²) in [4.78, 5) is 39.6. The summed E-state index contributed by atoms with van der Waals surface area (Å²) in [6.07, 6.45) is 6.88. The van der Waals surface area contributed by atoms with Gasteiger partial charge in [0, 0.05) is 18.9 Å². The molecule has 0 bridgehead atoms. The van der Waals surface area contributed by atoms with Crippen LogP contribution >= 0.6 is 0 Å². The summed E-state index contributed by atoms with van der Waals surface area (Å²) in [5, 5.41) is 19.1. The van der Waals surface area contributed by atoms with Crippen molar-refractivity contribution in [2.24, 2.45) is 17.8 Å². The Kier molecular flexibility index (Phi) is 10.4. The molecule has 5 rings (SSSR count). The molecular formula is C37H45NO7. The third-order valence-corrected chi connectivity index (χ3v) is 9.59. The van der Waals surface area contributed by atoms with Gasteiger partial charge in [-0.1, -0.05) is 43.2 Å². The summed E-state index contributed by atoms with van der Waals surface area (Å²) in [5.74, 6) is -1.000. The highest BCUT2D eigenvalue weighted by molar-refractivity contribution is 6.06. The average molecular weight is 616 g/mol. The Morgan fingerprint density at radius 1 is 1.02 bits per heavy atom. The van der Waals surface area contributed by atoms with E-state index in [0.717, 1.165) is 52.8 Å². The number of ether oxygens (including phenoxy) is 2. The molecule has 1 aliphatic carbocycles. The molecule has 0 saturated carbocycles. The smallest absolute Gasteiger partial charge is 0.303 e. The van der Waals surface area contributed by atoms with E-state index in [0.29, 0.717) is 51.2 Å². The lowest BCUT2D eigenvalue weighted by Crippen LogP contribution is -2.35. The molecule has 0 radical (unpaired) electrons. The minimum Gasteiger partial charge on any atom is -0.507 e. The number of carboxylic acids is 1. The van der Waals surface area contributed by atoms with Gasteiger partial charge >= 0.3 is 5.97 Å². The first-order valence-electron chi connectivity index (χ1n) is 16.3. The maximum absolute atomic E-state index is 13.7. The molecule has 0 spiro atoms. The molecule has 2 fully saturated rings. The summed E-state index contributed by atoms with van der Waals surface area (Å²) in [5.41, 5.74) is 6.25. The molecule has 45 heavy (non-hydrogen) atoms. The van der Waals surface area contributed by atoms with Crippen molar-refractivity contribution in [2.45, 2.75) is 78.2 Å². The van der Waals surface area contributed by atoms with E-state index in [1.807, 2.05) is 56.3 Å². The Hall–Kier alpha value is -3.91. The second kappa shape index (κ2) is 14.5. The van der Waals surface area contributed by atoms with Crippen molar-refractivity contribution in [1.29, 1.82) is 0 Å².